The van der Waals surface area contributed by atoms with E-state index < -0.39 is 28.0 Å². The standard InChI is InChI=1S/C30H44O5/c1-18(2)9-8-14-28(7)30(34)23(32)17-27(6)20-10-11-21-25(3,4)22(31)13-15-26(21,5)19(20)12-16-29(27,30)24(33)35-28/h10,12,18,21-22,31,34H,8-9,11,13-17H2,1-7H3/t21?,22?,26-,27+,28+,29?,30+/m1/s1. The number of Topliss-reactive ketones (excluding diaryl/α,β-unsaturated/α-hetero) is 1. The van der Waals surface area contributed by atoms with Gasteiger partial charge in [-0.2, -0.15) is 0 Å². The SMILES string of the molecule is CC(C)CCC[C@]1(C)OC(=O)C23CC=C4C(=CCC5C(C)(C)C(O)CC[C@]45C)[C@]2(C)CC(=O)[C@@]31O. The summed E-state index contributed by atoms with van der Waals surface area (Å²) in [4.78, 5) is 27.7. The van der Waals surface area contributed by atoms with Crippen LogP contribution in [-0.4, -0.2) is 39.3 Å². The molecule has 1 aliphatic heterocycles. The molecule has 2 saturated carbocycles. The fourth-order valence-corrected chi connectivity index (χ4v) is 9.28. The van der Waals surface area contributed by atoms with Crippen molar-refractivity contribution in [1.82, 2.24) is 0 Å². The minimum atomic E-state index is -1.83. The van der Waals surface area contributed by atoms with Gasteiger partial charge in [-0.3, -0.25) is 9.59 Å². The average Bonchev–Trinajstić information content (AvgIpc) is 3.05. The maximum atomic E-state index is 13.8. The van der Waals surface area contributed by atoms with Gasteiger partial charge in [-0.15, -0.1) is 0 Å². The van der Waals surface area contributed by atoms with Crippen molar-refractivity contribution in [2.75, 3.05) is 0 Å². The Morgan fingerprint density at radius 1 is 1.09 bits per heavy atom. The van der Waals surface area contributed by atoms with Crippen LogP contribution in [0.3, 0.4) is 0 Å². The smallest absolute Gasteiger partial charge is 0.317 e. The van der Waals surface area contributed by atoms with Crippen molar-refractivity contribution in [1.29, 1.82) is 0 Å². The Kier molecular flexibility index (Phi) is 5.26. The van der Waals surface area contributed by atoms with E-state index in [1.165, 1.54) is 5.57 Å². The molecule has 5 rings (SSSR count). The number of aliphatic hydroxyl groups excluding tert-OH is 1. The molecule has 0 aromatic carbocycles. The molecule has 35 heavy (non-hydrogen) atoms. The molecule has 0 radical (unpaired) electrons. The lowest BCUT2D eigenvalue weighted by molar-refractivity contribution is -0.165. The molecule has 7 atom stereocenters. The molecule has 5 nitrogen and oxygen atoms in total. The van der Waals surface area contributed by atoms with Crippen LogP contribution < -0.4 is 0 Å². The first-order valence-corrected chi connectivity index (χ1v) is 13.7. The number of ketones is 1. The molecule has 5 heteroatoms. The number of hydrogen-bond donors (Lipinski definition) is 2. The first kappa shape index (κ1) is 25.2. The highest BCUT2D eigenvalue weighted by Crippen LogP contribution is 2.75. The second-order valence-corrected chi connectivity index (χ2v) is 14.0. The molecule has 1 saturated heterocycles. The molecular weight excluding hydrogens is 440 g/mol. The van der Waals surface area contributed by atoms with Crippen LogP contribution in [0.5, 0.6) is 0 Å². The topological polar surface area (TPSA) is 83.8 Å². The highest BCUT2D eigenvalue weighted by molar-refractivity contribution is 6.05. The lowest BCUT2D eigenvalue weighted by Crippen LogP contribution is -2.63. The van der Waals surface area contributed by atoms with Gasteiger partial charge in [0, 0.05) is 11.8 Å². The van der Waals surface area contributed by atoms with E-state index in [0.717, 1.165) is 37.7 Å². The number of carbonyl (C=O) groups excluding carboxylic acids is 2. The summed E-state index contributed by atoms with van der Waals surface area (Å²) in [6.45, 7) is 14.7. The molecule has 3 fully saturated rings. The summed E-state index contributed by atoms with van der Waals surface area (Å²) in [5, 5.41) is 23.1. The van der Waals surface area contributed by atoms with Gasteiger partial charge in [0.1, 0.15) is 11.0 Å². The lowest BCUT2D eigenvalue weighted by atomic mass is 9.43. The zero-order valence-electron chi connectivity index (χ0n) is 22.7. The van der Waals surface area contributed by atoms with E-state index in [0.29, 0.717) is 18.8 Å². The first-order chi connectivity index (χ1) is 16.1. The maximum absolute atomic E-state index is 13.8. The molecule has 5 aliphatic rings. The van der Waals surface area contributed by atoms with Crippen LogP contribution in [0, 0.1) is 33.5 Å². The number of hydrogen-bond acceptors (Lipinski definition) is 5. The number of fused-ring (bicyclic) bond motifs is 4. The summed E-state index contributed by atoms with van der Waals surface area (Å²) >= 11 is 0. The molecule has 1 spiro atoms. The van der Waals surface area contributed by atoms with Gasteiger partial charge in [0.05, 0.1) is 6.10 Å². The highest BCUT2D eigenvalue weighted by atomic mass is 16.6. The number of cyclic esters (lactones) is 1. The van der Waals surface area contributed by atoms with Gasteiger partial charge in [-0.1, -0.05) is 60.1 Å². The number of rotatable bonds is 4. The minimum Gasteiger partial charge on any atom is -0.455 e. The summed E-state index contributed by atoms with van der Waals surface area (Å²) in [7, 11) is 0. The Balaban J connectivity index is 1.61. The van der Waals surface area contributed by atoms with Crippen molar-refractivity contribution < 1.29 is 24.5 Å². The van der Waals surface area contributed by atoms with E-state index in [1.807, 2.05) is 6.92 Å². The molecule has 0 aromatic heterocycles. The van der Waals surface area contributed by atoms with Crippen LogP contribution in [0.25, 0.3) is 0 Å². The predicted octanol–water partition coefficient (Wildman–Crippen LogP) is 5.29. The monoisotopic (exact) mass is 484 g/mol. The molecule has 0 aromatic rings. The van der Waals surface area contributed by atoms with Crippen molar-refractivity contribution in [3.05, 3.63) is 23.3 Å². The van der Waals surface area contributed by atoms with Crippen LogP contribution in [0.15, 0.2) is 23.3 Å². The average molecular weight is 485 g/mol. The third kappa shape index (κ3) is 2.72. The summed E-state index contributed by atoms with van der Waals surface area (Å²) in [5.74, 6) is 0.117. The summed E-state index contributed by atoms with van der Waals surface area (Å²) in [6.07, 6.45) is 9.17. The predicted molar refractivity (Wildman–Crippen MR) is 134 cm³/mol. The van der Waals surface area contributed by atoms with Crippen molar-refractivity contribution >= 4 is 11.8 Å². The van der Waals surface area contributed by atoms with Crippen LogP contribution in [0.1, 0.15) is 99.8 Å². The van der Waals surface area contributed by atoms with E-state index in [1.54, 1.807) is 6.92 Å². The van der Waals surface area contributed by atoms with Crippen molar-refractivity contribution in [2.24, 2.45) is 33.5 Å². The van der Waals surface area contributed by atoms with E-state index in [9.17, 15) is 19.8 Å². The van der Waals surface area contributed by atoms with Gasteiger partial charge < -0.3 is 14.9 Å². The fraction of sp³-hybridized carbons (Fsp3) is 0.800. The normalized spacial score (nSPS) is 47.9. The van der Waals surface area contributed by atoms with Gasteiger partial charge >= 0.3 is 5.97 Å². The van der Waals surface area contributed by atoms with Crippen LogP contribution in [-0.2, 0) is 14.3 Å². The van der Waals surface area contributed by atoms with Gasteiger partial charge in [0.25, 0.3) is 0 Å². The van der Waals surface area contributed by atoms with Gasteiger partial charge in [-0.25, -0.2) is 0 Å². The molecule has 1 heterocycles. The van der Waals surface area contributed by atoms with Gasteiger partial charge in [0.15, 0.2) is 11.4 Å². The molecule has 2 N–H and O–H groups in total. The number of esters is 1. The zero-order valence-corrected chi connectivity index (χ0v) is 22.7. The largest absolute Gasteiger partial charge is 0.455 e. The molecule has 194 valence electrons. The van der Waals surface area contributed by atoms with E-state index >= 15 is 0 Å². The van der Waals surface area contributed by atoms with Crippen LogP contribution >= 0.6 is 0 Å². The molecule has 3 unspecified atom stereocenters. The van der Waals surface area contributed by atoms with E-state index in [2.05, 4.69) is 46.8 Å². The molecule has 0 bridgehead atoms. The van der Waals surface area contributed by atoms with Crippen LogP contribution in [0.4, 0.5) is 0 Å². The molecule has 0 amide bonds. The van der Waals surface area contributed by atoms with E-state index in [-0.39, 0.29) is 35.1 Å². The number of aliphatic hydroxyl groups is 2. The number of carbonyl (C=O) groups is 2. The Labute approximate surface area is 210 Å². The minimum absolute atomic E-state index is 0.135. The summed E-state index contributed by atoms with van der Waals surface area (Å²) in [6, 6.07) is 0. The Bertz CT molecular complexity index is 1040. The second kappa shape index (κ2) is 7.31. The molecule has 4 aliphatic carbocycles. The quantitative estimate of drug-likeness (QED) is 0.530. The highest BCUT2D eigenvalue weighted by Gasteiger charge is 2.85. The van der Waals surface area contributed by atoms with Crippen LogP contribution in [0.2, 0.25) is 0 Å². The zero-order chi connectivity index (χ0) is 25.8. The van der Waals surface area contributed by atoms with E-state index in [4.69, 9.17) is 4.74 Å². The second-order valence-electron chi connectivity index (χ2n) is 14.0. The summed E-state index contributed by atoms with van der Waals surface area (Å²) < 4.78 is 6.06. The first-order valence-electron chi connectivity index (χ1n) is 13.7. The maximum Gasteiger partial charge on any atom is 0.317 e. The Morgan fingerprint density at radius 2 is 1.77 bits per heavy atom. The third-order valence-electron chi connectivity index (χ3n) is 11.5. The summed E-state index contributed by atoms with van der Waals surface area (Å²) in [5.41, 5.74) is -3.20. The third-order valence-corrected chi connectivity index (χ3v) is 11.5. The Hall–Kier alpha value is -1.46. The fourth-order valence-electron chi connectivity index (χ4n) is 9.28. The Morgan fingerprint density at radius 3 is 2.43 bits per heavy atom. The number of allylic oxidation sites excluding steroid dienone is 4. The molecular formula is C30H44O5. The van der Waals surface area contributed by atoms with Crippen molar-refractivity contribution in [2.45, 2.75) is 117 Å². The number of ether oxygens (including phenoxy) is 1. The lowest BCUT2D eigenvalue weighted by Gasteiger charge is -2.60. The van der Waals surface area contributed by atoms with Gasteiger partial charge in [0.2, 0.25) is 0 Å². The van der Waals surface area contributed by atoms with Crippen molar-refractivity contribution in [3.8, 4) is 0 Å². The van der Waals surface area contributed by atoms with Crippen molar-refractivity contribution in [3.63, 3.8) is 0 Å². The van der Waals surface area contributed by atoms with Gasteiger partial charge in [-0.05, 0) is 79.3 Å².